The zero-order chi connectivity index (χ0) is 8.04. The van der Waals surface area contributed by atoms with Gasteiger partial charge in [0, 0.05) is 0 Å². The lowest BCUT2D eigenvalue weighted by Crippen LogP contribution is -2.30. The molecule has 0 saturated heterocycles. The molecular weight excluding hydrogens is 140 g/mol. The lowest BCUT2D eigenvalue weighted by Gasteiger charge is -2.19. The van der Waals surface area contributed by atoms with Crippen LogP contribution in [0.2, 0.25) is 18.1 Å². The van der Waals surface area contributed by atoms with Crippen LogP contribution in [0, 0.1) is 0 Å². The molecule has 0 aliphatic rings. The van der Waals surface area contributed by atoms with Crippen molar-refractivity contribution in [2.24, 2.45) is 0 Å². The van der Waals surface area contributed by atoms with Gasteiger partial charge in [-0.3, -0.25) is 0 Å². The van der Waals surface area contributed by atoms with Gasteiger partial charge in [0.1, 0.15) is 0 Å². The molecule has 0 aromatic rings. The summed E-state index contributed by atoms with van der Waals surface area (Å²) in [6.07, 6.45) is 4.10. The van der Waals surface area contributed by atoms with Crippen LogP contribution in [0.15, 0.2) is 12.2 Å². The van der Waals surface area contributed by atoms with E-state index in [1.54, 1.807) is 0 Å². The van der Waals surface area contributed by atoms with Crippen molar-refractivity contribution in [1.29, 1.82) is 0 Å². The van der Waals surface area contributed by atoms with Crippen molar-refractivity contribution >= 4 is 8.32 Å². The average Bonchev–Trinajstić information content (AvgIpc) is 2.00. The summed E-state index contributed by atoms with van der Waals surface area (Å²) in [4.78, 5) is 9.85. The molecule has 1 nitrogen and oxygen atoms in total. The highest BCUT2D eigenvalue weighted by atomic mass is 28.4. The molecule has 1 N–H and O–H groups in total. The van der Waals surface area contributed by atoms with Gasteiger partial charge in [0.05, 0.1) is 0 Å². The van der Waals surface area contributed by atoms with Crippen LogP contribution < -0.4 is 0 Å². The molecule has 0 aromatic heterocycles. The molecule has 0 spiro atoms. The molecule has 0 heterocycles. The Bertz CT molecular complexity index is 106. The fourth-order valence-electron chi connectivity index (χ4n) is 0.876. The van der Waals surface area contributed by atoms with Crippen LogP contribution in [0.3, 0.4) is 0 Å². The quantitative estimate of drug-likeness (QED) is 0.492. The Hall–Kier alpha value is -0.0831. The minimum Gasteiger partial charge on any atom is -0.431 e. The number of hydrogen-bond acceptors (Lipinski definition) is 1. The van der Waals surface area contributed by atoms with Gasteiger partial charge < -0.3 is 4.80 Å². The van der Waals surface area contributed by atoms with Crippen molar-refractivity contribution in [3.8, 4) is 0 Å². The zero-order valence-electron chi connectivity index (χ0n) is 7.22. The van der Waals surface area contributed by atoms with Crippen molar-refractivity contribution < 1.29 is 4.80 Å². The van der Waals surface area contributed by atoms with Gasteiger partial charge >= 0.3 is 0 Å². The van der Waals surface area contributed by atoms with E-state index < -0.39 is 8.32 Å². The summed E-state index contributed by atoms with van der Waals surface area (Å²) >= 11 is 0. The maximum atomic E-state index is 9.85. The Balaban J connectivity index is 3.80. The molecule has 0 aliphatic carbocycles. The van der Waals surface area contributed by atoms with Crippen molar-refractivity contribution in [2.45, 2.75) is 38.9 Å². The summed E-state index contributed by atoms with van der Waals surface area (Å²) in [6.45, 7) is 6.17. The fourth-order valence-corrected chi connectivity index (χ4v) is 2.63. The van der Waals surface area contributed by atoms with Crippen molar-refractivity contribution in [2.75, 3.05) is 0 Å². The molecule has 0 amide bonds. The van der Waals surface area contributed by atoms with Crippen molar-refractivity contribution in [3.63, 3.8) is 0 Å². The summed E-state index contributed by atoms with van der Waals surface area (Å²) in [5.41, 5.74) is 0. The lowest BCUT2D eigenvalue weighted by atomic mass is 10.6. The van der Waals surface area contributed by atoms with Crippen LogP contribution >= 0.6 is 0 Å². The topological polar surface area (TPSA) is 20.2 Å². The standard InChI is InChI=1S/C8H18OSi/c1-4-7-8-10(9,5-2)6-3/h4,7,9H,5-6,8H2,1-3H3/b7-4-. The predicted molar refractivity (Wildman–Crippen MR) is 48.6 cm³/mol. The number of rotatable bonds is 4. The maximum Gasteiger partial charge on any atom is 0.191 e. The van der Waals surface area contributed by atoms with E-state index in [4.69, 9.17) is 0 Å². The summed E-state index contributed by atoms with van der Waals surface area (Å²) < 4.78 is 0. The van der Waals surface area contributed by atoms with E-state index in [2.05, 4.69) is 19.9 Å². The van der Waals surface area contributed by atoms with Gasteiger partial charge in [-0.1, -0.05) is 26.0 Å². The van der Waals surface area contributed by atoms with Crippen LogP contribution in [0.25, 0.3) is 0 Å². The van der Waals surface area contributed by atoms with E-state index in [-0.39, 0.29) is 0 Å². The minimum atomic E-state index is -1.81. The first-order valence-corrected chi connectivity index (χ1v) is 6.59. The van der Waals surface area contributed by atoms with E-state index in [1.165, 1.54) is 0 Å². The second-order valence-electron chi connectivity index (χ2n) is 2.70. The number of allylic oxidation sites excluding steroid dienone is 2. The summed E-state index contributed by atoms with van der Waals surface area (Å²) in [6, 6.07) is 2.89. The first-order valence-electron chi connectivity index (χ1n) is 4.02. The van der Waals surface area contributed by atoms with Gasteiger partial charge in [-0.15, -0.1) is 0 Å². The van der Waals surface area contributed by atoms with E-state index in [0.29, 0.717) is 0 Å². The Morgan fingerprint density at radius 2 is 1.80 bits per heavy atom. The molecule has 10 heavy (non-hydrogen) atoms. The third-order valence-electron chi connectivity index (χ3n) is 2.05. The largest absolute Gasteiger partial charge is 0.431 e. The lowest BCUT2D eigenvalue weighted by molar-refractivity contribution is 0.535. The van der Waals surface area contributed by atoms with Gasteiger partial charge in [-0.05, 0) is 25.1 Å². The third kappa shape index (κ3) is 3.18. The highest BCUT2D eigenvalue weighted by Crippen LogP contribution is 2.16. The van der Waals surface area contributed by atoms with Crippen LogP contribution in [0.4, 0.5) is 0 Å². The van der Waals surface area contributed by atoms with Crippen molar-refractivity contribution in [1.82, 2.24) is 0 Å². The van der Waals surface area contributed by atoms with Gasteiger partial charge in [-0.2, -0.15) is 0 Å². The molecule has 0 aliphatic heterocycles. The molecule has 60 valence electrons. The molecule has 0 fully saturated rings. The minimum absolute atomic E-state index is 0.927. The molecule has 0 radical (unpaired) electrons. The maximum absolute atomic E-state index is 9.85. The van der Waals surface area contributed by atoms with Crippen LogP contribution in [-0.4, -0.2) is 13.1 Å². The average molecular weight is 158 g/mol. The molecule has 2 heteroatoms. The Morgan fingerprint density at radius 3 is 2.10 bits per heavy atom. The SMILES string of the molecule is C/C=C\C[Si](O)(CC)CC. The van der Waals surface area contributed by atoms with Crippen LogP contribution in [0.1, 0.15) is 20.8 Å². The van der Waals surface area contributed by atoms with E-state index >= 15 is 0 Å². The Kier molecular flexibility index (Phi) is 4.65. The predicted octanol–water partition coefficient (Wildman–Crippen LogP) is 2.54. The monoisotopic (exact) mass is 158 g/mol. The van der Waals surface area contributed by atoms with Crippen LogP contribution in [0.5, 0.6) is 0 Å². The summed E-state index contributed by atoms with van der Waals surface area (Å²) in [5.74, 6) is 0. The van der Waals surface area contributed by atoms with Gasteiger partial charge in [0.25, 0.3) is 0 Å². The van der Waals surface area contributed by atoms with Gasteiger partial charge in [0.15, 0.2) is 8.32 Å². The summed E-state index contributed by atoms with van der Waals surface area (Å²) in [5, 5.41) is 0. The normalized spacial score (nSPS) is 12.8. The second-order valence-corrected chi connectivity index (χ2v) is 6.98. The van der Waals surface area contributed by atoms with E-state index in [0.717, 1.165) is 18.1 Å². The van der Waals surface area contributed by atoms with Crippen LogP contribution in [-0.2, 0) is 0 Å². The molecular formula is C8H18OSi. The van der Waals surface area contributed by atoms with Gasteiger partial charge in [0.2, 0.25) is 0 Å². The Labute approximate surface area is 64.9 Å². The second kappa shape index (κ2) is 4.69. The molecule has 0 bridgehead atoms. The summed E-state index contributed by atoms with van der Waals surface area (Å²) in [7, 11) is -1.81. The molecule has 0 atom stereocenters. The van der Waals surface area contributed by atoms with E-state index in [9.17, 15) is 4.80 Å². The highest BCUT2D eigenvalue weighted by molar-refractivity contribution is 6.72. The fraction of sp³-hybridized carbons (Fsp3) is 0.750. The van der Waals surface area contributed by atoms with Gasteiger partial charge in [-0.25, -0.2) is 0 Å². The number of hydrogen-bond donors (Lipinski definition) is 1. The molecule has 0 saturated carbocycles. The molecule has 0 unspecified atom stereocenters. The smallest absolute Gasteiger partial charge is 0.191 e. The van der Waals surface area contributed by atoms with E-state index in [1.807, 2.05) is 13.0 Å². The van der Waals surface area contributed by atoms with Crippen molar-refractivity contribution in [3.05, 3.63) is 12.2 Å². The Morgan fingerprint density at radius 1 is 1.30 bits per heavy atom. The third-order valence-corrected chi connectivity index (χ3v) is 5.68. The first-order chi connectivity index (χ1) is 4.68. The molecule has 0 rings (SSSR count). The molecule has 0 aromatic carbocycles. The first kappa shape index (κ1) is 9.92. The highest BCUT2D eigenvalue weighted by Gasteiger charge is 2.23. The zero-order valence-corrected chi connectivity index (χ0v) is 8.22.